The number of carboxylic acids is 1. The lowest BCUT2D eigenvalue weighted by Gasteiger charge is -2.09. The molecular weight excluding hydrogens is 287 g/mol. The molecule has 0 aliphatic heterocycles. The molecule has 1 aromatic carbocycles. The second-order valence-electron chi connectivity index (χ2n) is 4.29. The molecule has 0 fully saturated rings. The third kappa shape index (κ3) is 3.68. The molecule has 0 aliphatic rings. The molecule has 0 atom stereocenters. The number of rotatable bonds is 3. The van der Waals surface area contributed by atoms with Gasteiger partial charge in [0, 0.05) is 17.8 Å². The smallest absolute Gasteiger partial charge is 0.416 e. The van der Waals surface area contributed by atoms with E-state index in [1.54, 1.807) is 6.92 Å². The number of hydrogen-bond acceptors (Lipinski definition) is 3. The molecule has 0 unspecified atom stereocenters. The maximum atomic E-state index is 12.8. The first-order chi connectivity index (χ1) is 9.75. The molecule has 0 bridgehead atoms. The van der Waals surface area contributed by atoms with Gasteiger partial charge in [-0.1, -0.05) is 0 Å². The third-order valence-corrected chi connectivity index (χ3v) is 2.54. The van der Waals surface area contributed by atoms with Gasteiger partial charge >= 0.3 is 12.1 Å². The summed E-state index contributed by atoms with van der Waals surface area (Å²) in [5, 5.41) is 12.4. The van der Waals surface area contributed by atoms with Crippen molar-refractivity contribution < 1.29 is 23.1 Å². The number of carbonyl (C=O) groups is 1. The van der Waals surface area contributed by atoms with E-state index < -0.39 is 17.7 Å². The second kappa shape index (κ2) is 5.39. The summed E-state index contributed by atoms with van der Waals surface area (Å²) < 4.78 is 39.4. The van der Waals surface area contributed by atoms with Crippen molar-refractivity contribution in [2.75, 3.05) is 0 Å². The van der Waals surface area contributed by atoms with Crippen LogP contribution in [0.1, 0.15) is 11.1 Å². The van der Waals surface area contributed by atoms with E-state index in [-0.39, 0.29) is 11.4 Å². The van der Waals surface area contributed by atoms with Crippen molar-refractivity contribution in [1.82, 2.24) is 14.8 Å². The lowest BCUT2D eigenvalue weighted by molar-refractivity contribution is -0.137. The van der Waals surface area contributed by atoms with Crippen LogP contribution in [0.3, 0.4) is 0 Å². The summed E-state index contributed by atoms with van der Waals surface area (Å²) in [6.07, 6.45) is -1.26. The van der Waals surface area contributed by atoms with Crippen molar-refractivity contribution in [2.24, 2.45) is 0 Å². The van der Waals surface area contributed by atoms with Gasteiger partial charge in [-0.2, -0.15) is 13.2 Å². The van der Waals surface area contributed by atoms with Crippen molar-refractivity contribution >= 4 is 12.2 Å². The van der Waals surface area contributed by atoms with E-state index >= 15 is 0 Å². The number of carboxylic acid groups (broad SMARTS) is 1. The van der Waals surface area contributed by atoms with Crippen LogP contribution in [0.4, 0.5) is 13.2 Å². The molecule has 0 radical (unpaired) electrons. The lowest BCUT2D eigenvalue weighted by atomic mass is 10.1. The fraction of sp³-hybridized carbons (Fsp3) is 0.154. The van der Waals surface area contributed by atoms with E-state index in [2.05, 4.69) is 10.1 Å². The van der Waals surface area contributed by atoms with Gasteiger partial charge in [-0.15, -0.1) is 5.10 Å². The van der Waals surface area contributed by atoms with Crippen molar-refractivity contribution in [3.63, 3.8) is 0 Å². The van der Waals surface area contributed by atoms with E-state index in [0.29, 0.717) is 5.56 Å². The van der Waals surface area contributed by atoms with Crippen LogP contribution in [0.2, 0.25) is 0 Å². The molecule has 0 saturated carbocycles. The summed E-state index contributed by atoms with van der Waals surface area (Å²) in [7, 11) is 0. The number of hydrogen-bond donors (Lipinski definition) is 1. The summed E-state index contributed by atoms with van der Waals surface area (Å²) in [5.74, 6) is -1.08. The topological polar surface area (TPSA) is 68.0 Å². The standard InChI is InChI=1S/C13H10F3N3O2/c1-8-4-9(6-10(5-8)13(14,15)16)12-17-7-19(18-12)3-2-11(20)21/h2-7H,1H3,(H,20,21)/b3-2+. The number of aromatic nitrogens is 3. The monoisotopic (exact) mass is 297 g/mol. The van der Waals surface area contributed by atoms with Crippen LogP contribution in [0, 0.1) is 6.92 Å². The molecule has 1 heterocycles. The van der Waals surface area contributed by atoms with Crippen molar-refractivity contribution in [3.05, 3.63) is 41.7 Å². The summed E-state index contributed by atoms with van der Waals surface area (Å²) in [4.78, 5) is 14.2. The maximum Gasteiger partial charge on any atom is 0.416 e. The molecule has 0 amide bonds. The highest BCUT2D eigenvalue weighted by Gasteiger charge is 2.31. The molecule has 0 saturated heterocycles. The van der Waals surface area contributed by atoms with E-state index in [1.807, 2.05) is 0 Å². The zero-order valence-electron chi connectivity index (χ0n) is 10.8. The number of nitrogens with zero attached hydrogens (tertiary/aromatic N) is 3. The van der Waals surface area contributed by atoms with Crippen molar-refractivity contribution in [1.29, 1.82) is 0 Å². The number of benzene rings is 1. The van der Waals surface area contributed by atoms with Crippen LogP contribution in [-0.2, 0) is 11.0 Å². The predicted molar refractivity (Wildman–Crippen MR) is 68.2 cm³/mol. The van der Waals surface area contributed by atoms with Crippen LogP contribution in [0.25, 0.3) is 17.6 Å². The Morgan fingerprint density at radius 3 is 2.67 bits per heavy atom. The molecule has 2 aromatic rings. The lowest BCUT2D eigenvalue weighted by Crippen LogP contribution is -2.05. The largest absolute Gasteiger partial charge is 0.478 e. The van der Waals surface area contributed by atoms with Crippen LogP contribution in [-0.4, -0.2) is 25.8 Å². The molecule has 0 aliphatic carbocycles. The van der Waals surface area contributed by atoms with Crippen LogP contribution in [0.5, 0.6) is 0 Å². The maximum absolute atomic E-state index is 12.8. The minimum atomic E-state index is -4.45. The first-order valence-electron chi connectivity index (χ1n) is 5.77. The van der Waals surface area contributed by atoms with E-state index in [9.17, 15) is 18.0 Å². The van der Waals surface area contributed by atoms with E-state index in [4.69, 9.17) is 5.11 Å². The zero-order chi connectivity index (χ0) is 15.6. The Morgan fingerprint density at radius 1 is 1.33 bits per heavy atom. The minimum Gasteiger partial charge on any atom is -0.478 e. The molecule has 110 valence electrons. The van der Waals surface area contributed by atoms with Gasteiger partial charge in [0.2, 0.25) is 0 Å². The van der Waals surface area contributed by atoms with E-state index in [0.717, 1.165) is 29.1 Å². The Hall–Kier alpha value is -2.64. The van der Waals surface area contributed by atoms with Gasteiger partial charge in [-0.3, -0.25) is 0 Å². The highest BCUT2D eigenvalue weighted by Crippen LogP contribution is 2.32. The highest BCUT2D eigenvalue weighted by atomic mass is 19.4. The molecule has 0 spiro atoms. The predicted octanol–water partition coefficient (Wildman–Crippen LogP) is 2.83. The highest BCUT2D eigenvalue weighted by molar-refractivity contribution is 5.82. The van der Waals surface area contributed by atoms with Gasteiger partial charge in [0.05, 0.1) is 5.56 Å². The Balaban J connectivity index is 2.39. The molecule has 5 nitrogen and oxygen atoms in total. The van der Waals surface area contributed by atoms with Gasteiger partial charge in [0.1, 0.15) is 6.33 Å². The molecule has 8 heteroatoms. The van der Waals surface area contributed by atoms with Gasteiger partial charge in [-0.05, 0) is 30.7 Å². The Bertz CT molecular complexity index is 705. The van der Waals surface area contributed by atoms with Gasteiger partial charge in [0.25, 0.3) is 0 Å². The van der Waals surface area contributed by atoms with Crippen LogP contribution >= 0.6 is 0 Å². The molecule has 21 heavy (non-hydrogen) atoms. The average molecular weight is 297 g/mol. The molecular formula is C13H10F3N3O2. The Kier molecular flexibility index (Phi) is 3.79. The molecule has 1 aromatic heterocycles. The second-order valence-corrected chi connectivity index (χ2v) is 4.29. The summed E-state index contributed by atoms with van der Waals surface area (Å²) in [5.41, 5.74) is -0.142. The fourth-order valence-corrected chi connectivity index (χ4v) is 1.69. The summed E-state index contributed by atoms with van der Waals surface area (Å²) >= 11 is 0. The first-order valence-corrected chi connectivity index (χ1v) is 5.77. The van der Waals surface area contributed by atoms with E-state index in [1.165, 1.54) is 12.4 Å². The number of aryl methyl sites for hydroxylation is 1. The third-order valence-electron chi connectivity index (χ3n) is 2.54. The summed E-state index contributed by atoms with van der Waals surface area (Å²) in [6, 6.07) is 3.51. The normalized spacial score (nSPS) is 12.0. The van der Waals surface area contributed by atoms with Gasteiger partial charge in [-0.25, -0.2) is 14.5 Å². The first kappa shape index (κ1) is 14.8. The van der Waals surface area contributed by atoms with Gasteiger partial charge < -0.3 is 5.11 Å². The summed E-state index contributed by atoms with van der Waals surface area (Å²) in [6.45, 7) is 1.54. The quantitative estimate of drug-likeness (QED) is 0.885. The van der Waals surface area contributed by atoms with Gasteiger partial charge in [0.15, 0.2) is 5.82 Å². The fourth-order valence-electron chi connectivity index (χ4n) is 1.69. The average Bonchev–Trinajstić information content (AvgIpc) is 2.83. The van der Waals surface area contributed by atoms with Crippen molar-refractivity contribution in [3.8, 4) is 11.4 Å². The SMILES string of the molecule is Cc1cc(-c2ncn(/C=C/C(=O)O)n2)cc(C(F)(F)F)c1. The zero-order valence-corrected chi connectivity index (χ0v) is 10.8. The minimum absolute atomic E-state index is 0.0826. The van der Waals surface area contributed by atoms with Crippen LogP contribution in [0.15, 0.2) is 30.6 Å². The van der Waals surface area contributed by atoms with Crippen molar-refractivity contribution in [2.45, 2.75) is 13.1 Å². The number of alkyl halides is 3. The number of halogens is 3. The molecule has 1 N–H and O–H groups in total. The number of aliphatic carboxylic acids is 1. The molecule has 2 rings (SSSR count). The Labute approximate surface area is 117 Å². The van der Waals surface area contributed by atoms with Crippen LogP contribution < -0.4 is 0 Å². The Morgan fingerprint density at radius 2 is 2.05 bits per heavy atom.